The van der Waals surface area contributed by atoms with Crippen LogP contribution >= 0.6 is 0 Å². The van der Waals surface area contributed by atoms with Crippen molar-refractivity contribution < 1.29 is 4.79 Å². The third kappa shape index (κ3) is 2.79. The molecule has 2 aromatic heterocycles. The molecule has 0 saturated carbocycles. The number of carbonyl (C=O) groups is 1. The topological polar surface area (TPSA) is 61.0 Å². The van der Waals surface area contributed by atoms with Crippen molar-refractivity contribution >= 4 is 22.6 Å². The number of nitrogens with one attached hydrogen (secondary N) is 2. The second-order valence-corrected chi connectivity index (χ2v) is 5.33. The highest BCUT2D eigenvalue weighted by Crippen LogP contribution is 2.16. The lowest BCUT2D eigenvalue weighted by Crippen LogP contribution is -2.24. The van der Waals surface area contributed by atoms with Gasteiger partial charge in [-0.25, -0.2) is 4.98 Å². The third-order valence-electron chi connectivity index (χ3n) is 3.51. The number of para-hydroxylation sites is 1. The normalized spacial score (nSPS) is 10.6. The number of amides is 1. The molecule has 0 aliphatic heterocycles. The zero-order valence-electron chi connectivity index (χ0n) is 12.6. The SMILES string of the molecule is CN(C)c1ncccc1CNC(=O)c1cc2ccccc2[nH]1. The average Bonchev–Trinajstić information content (AvgIpc) is 2.97. The van der Waals surface area contributed by atoms with Crippen molar-refractivity contribution in [3.63, 3.8) is 0 Å². The van der Waals surface area contributed by atoms with E-state index in [1.807, 2.05) is 61.5 Å². The van der Waals surface area contributed by atoms with Crippen molar-refractivity contribution in [1.29, 1.82) is 0 Å². The van der Waals surface area contributed by atoms with Crippen molar-refractivity contribution in [2.45, 2.75) is 6.54 Å². The summed E-state index contributed by atoms with van der Waals surface area (Å²) in [6.45, 7) is 0.440. The monoisotopic (exact) mass is 294 g/mol. The smallest absolute Gasteiger partial charge is 0.267 e. The van der Waals surface area contributed by atoms with Gasteiger partial charge in [-0.2, -0.15) is 0 Å². The van der Waals surface area contributed by atoms with E-state index in [0.29, 0.717) is 12.2 Å². The highest BCUT2D eigenvalue weighted by atomic mass is 16.1. The first-order chi connectivity index (χ1) is 10.6. The fourth-order valence-corrected chi connectivity index (χ4v) is 2.44. The summed E-state index contributed by atoms with van der Waals surface area (Å²) in [6.07, 6.45) is 1.75. The number of hydrogen-bond acceptors (Lipinski definition) is 3. The second kappa shape index (κ2) is 5.89. The molecular weight excluding hydrogens is 276 g/mol. The first kappa shape index (κ1) is 14.1. The van der Waals surface area contributed by atoms with E-state index in [-0.39, 0.29) is 5.91 Å². The van der Waals surface area contributed by atoms with Crippen molar-refractivity contribution in [3.05, 3.63) is 59.9 Å². The van der Waals surface area contributed by atoms with Gasteiger partial charge >= 0.3 is 0 Å². The van der Waals surface area contributed by atoms with Crippen LogP contribution in [0.2, 0.25) is 0 Å². The molecule has 0 unspecified atom stereocenters. The molecular formula is C17H18N4O. The molecule has 1 amide bonds. The summed E-state index contributed by atoms with van der Waals surface area (Å²) >= 11 is 0. The van der Waals surface area contributed by atoms with Gasteiger partial charge in [0.15, 0.2) is 0 Å². The Hall–Kier alpha value is -2.82. The number of H-pyrrole nitrogens is 1. The van der Waals surface area contributed by atoms with Gasteiger partial charge in [-0.1, -0.05) is 24.3 Å². The van der Waals surface area contributed by atoms with Crippen LogP contribution in [0.25, 0.3) is 10.9 Å². The predicted molar refractivity (Wildman–Crippen MR) is 88.0 cm³/mol. The van der Waals surface area contributed by atoms with E-state index in [1.165, 1.54) is 0 Å². The number of fused-ring (bicyclic) bond motifs is 1. The molecule has 1 aromatic carbocycles. The summed E-state index contributed by atoms with van der Waals surface area (Å²) in [5.41, 5.74) is 2.51. The summed E-state index contributed by atoms with van der Waals surface area (Å²) in [5, 5.41) is 3.97. The Kier molecular flexibility index (Phi) is 3.78. The number of anilines is 1. The molecule has 2 heterocycles. The van der Waals surface area contributed by atoms with Gasteiger partial charge in [0.25, 0.3) is 5.91 Å². The van der Waals surface area contributed by atoms with Crippen LogP contribution in [0, 0.1) is 0 Å². The lowest BCUT2D eigenvalue weighted by molar-refractivity contribution is 0.0947. The number of aromatic amines is 1. The van der Waals surface area contributed by atoms with Crippen molar-refractivity contribution in [2.75, 3.05) is 19.0 Å². The Morgan fingerprint density at radius 3 is 2.82 bits per heavy atom. The van der Waals surface area contributed by atoms with Crippen LogP contribution in [0.1, 0.15) is 16.1 Å². The Morgan fingerprint density at radius 2 is 2.05 bits per heavy atom. The van der Waals surface area contributed by atoms with Crippen molar-refractivity contribution in [3.8, 4) is 0 Å². The van der Waals surface area contributed by atoms with Gasteiger partial charge in [-0.05, 0) is 18.2 Å². The quantitative estimate of drug-likeness (QED) is 0.777. The van der Waals surface area contributed by atoms with E-state index in [9.17, 15) is 4.79 Å². The number of benzene rings is 1. The molecule has 3 aromatic rings. The van der Waals surface area contributed by atoms with Crippen LogP contribution in [-0.2, 0) is 6.54 Å². The summed E-state index contributed by atoms with van der Waals surface area (Å²) < 4.78 is 0. The second-order valence-electron chi connectivity index (χ2n) is 5.33. The Balaban J connectivity index is 1.75. The summed E-state index contributed by atoms with van der Waals surface area (Å²) in [6, 6.07) is 13.5. The molecule has 3 rings (SSSR count). The van der Waals surface area contributed by atoms with Crippen LogP contribution in [0.3, 0.4) is 0 Å². The van der Waals surface area contributed by atoms with Crippen molar-refractivity contribution in [1.82, 2.24) is 15.3 Å². The van der Waals surface area contributed by atoms with Gasteiger partial charge in [-0.3, -0.25) is 4.79 Å². The lowest BCUT2D eigenvalue weighted by Gasteiger charge is -2.15. The minimum Gasteiger partial charge on any atom is -0.362 e. The molecule has 0 spiro atoms. The highest BCUT2D eigenvalue weighted by Gasteiger charge is 2.11. The fourth-order valence-electron chi connectivity index (χ4n) is 2.44. The number of carbonyl (C=O) groups excluding carboxylic acids is 1. The molecule has 0 atom stereocenters. The molecule has 5 nitrogen and oxygen atoms in total. The zero-order valence-corrected chi connectivity index (χ0v) is 12.6. The summed E-state index contributed by atoms with van der Waals surface area (Å²) in [4.78, 5) is 21.7. The fraction of sp³-hybridized carbons (Fsp3) is 0.176. The van der Waals surface area contributed by atoms with Gasteiger partial charge in [0.05, 0.1) is 0 Å². The molecule has 0 aliphatic carbocycles. The molecule has 2 N–H and O–H groups in total. The number of rotatable bonds is 4. The maximum Gasteiger partial charge on any atom is 0.267 e. The van der Waals surface area contributed by atoms with E-state index in [0.717, 1.165) is 22.3 Å². The van der Waals surface area contributed by atoms with E-state index in [2.05, 4.69) is 15.3 Å². The molecule has 0 radical (unpaired) electrons. The van der Waals surface area contributed by atoms with E-state index >= 15 is 0 Å². The Labute approximate surface area is 129 Å². The molecule has 0 fully saturated rings. The van der Waals surface area contributed by atoms with Gasteiger partial charge in [0.2, 0.25) is 0 Å². The molecule has 0 saturated heterocycles. The molecule has 112 valence electrons. The molecule has 22 heavy (non-hydrogen) atoms. The largest absolute Gasteiger partial charge is 0.362 e. The highest BCUT2D eigenvalue weighted by molar-refractivity contribution is 5.97. The number of nitrogens with zero attached hydrogens (tertiary/aromatic N) is 2. The van der Waals surface area contributed by atoms with Gasteiger partial charge in [0.1, 0.15) is 11.5 Å². The van der Waals surface area contributed by atoms with E-state index < -0.39 is 0 Å². The van der Waals surface area contributed by atoms with Gasteiger partial charge in [0, 0.05) is 43.3 Å². The first-order valence-corrected chi connectivity index (χ1v) is 7.12. The van der Waals surface area contributed by atoms with Crippen molar-refractivity contribution in [2.24, 2.45) is 0 Å². The lowest BCUT2D eigenvalue weighted by atomic mass is 10.2. The van der Waals surface area contributed by atoms with Gasteiger partial charge in [-0.15, -0.1) is 0 Å². The van der Waals surface area contributed by atoms with Crippen LogP contribution in [0.15, 0.2) is 48.7 Å². The van der Waals surface area contributed by atoms with Crippen LogP contribution < -0.4 is 10.2 Å². The zero-order chi connectivity index (χ0) is 15.5. The molecule has 5 heteroatoms. The maximum absolute atomic E-state index is 12.3. The van der Waals surface area contributed by atoms with Gasteiger partial charge < -0.3 is 15.2 Å². The summed E-state index contributed by atoms with van der Waals surface area (Å²) in [7, 11) is 3.87. The maximum atomic E-state index is 12.3. The minimum atomic E-state index is -0.121. The third-order valence-corrected chi connectivity index (χ3v) is 3.51. The number of pyridine rings is 1. The van der Waals surface area contributed by atoms with Crippen LogP contribution in [-0.4, -0.2) is 30.0 Å². The van der Waals surface area contributed by atoms with Crippen LogP contribution in [0.4, 0.5) is 5.82 Å². The summed E-state index contributed by atoms with van der Waals surface area (Å²) in [5.74, 6) is 0.740. The first-order valence-electron chi connectivity index (χ1n) is 7.12. The standard InChI is InChI=1S/C17H18N4O/c1-21(2)16-13(7-5-9-18-16)11-19-17(22)15-10-12-6-3-4-8-14(12)20-15/h3-10,20H,11H2,1-2H3,(H,19,22). The number of aromatic nitrogens is 2. The minimum absolute atomic E-state index is 0.121. The predicted octanol–water partition coefficient (Wildman–Crippen LogP) is 2.56. The molecule has 0 aliphatic rings. The molecule has 0 bridgehead atoms. The van der Waals surface area contributed by atoms with Crippen LogP contribution in [0.5, 0.6) is 0 Å². The average molecular weight is 294 g/mol. The number of hydrogen-bond donors (Lipinski definition) is 2. The Bertz CT molecular complexity index is 774. The van der Waals surface area contributed by atoms with E-state index in [4.69, 9.17) is 0 Å². The van der Waals surface area contributed by atoms with E-state index in [1.54, 1.807) is 6.20 Å². The Morgan fingerprint density at radius 1 is 1.23 bits per heavy atom.